The Morgan fingerprint density at radius 3 is 2.47 bits per heavy atom. The number of nitrogens with one attached hydrogen (secondary N) is 1. The molecule has 0 spiro atoms. The van der Waals surface area contributed by atoms with Crippen LogP contribution in [0.3, 0.4) is 0 Å². The van der Waals surface area contributed by atoms with Gasteiger partial charge in [-0.2, -0.15) is 5.10 Å². The average molecular weight is 270 g/mol. The van der Waals surface area contributed by atoms with Crippen molar-refractivity contribution in [1.82, 2.24) is 5.43 Å². The lowest BCUT2D eigenvalue weighted by atomic mass is 10.2. The fourth-order valence-corrected chi connectivity index (χ4v) is 2.92. The topological polar surface area (TPSA) is 33.6 Å². The van der Waals surface area contributed by atoms with Crippen LogP contribution in [0.15, 0.2) is 59.7 Å². The highest BCUT2D eigenvalue weighted by atomic mass is 32.2. The highest BCUT2D eigenvalue weighted by molar-refractivity contribution is 8.14. The van der Waals surface area contributed by atoms with Gasteiger partial charge < -0.3 is 4.74 Å². The van der Waals surface area contributed by atoms with Crippen LogP contribution >= 0.6 is 11.8 Å². The lowest BCUT2D eigenvalue weighted by Gasteiger charge is -2.10. The molecule has 1 aliphatic rings. The zero-order valence-corrected chi connectivity index (χ0v) is 11.4. The number of ether oxygens (including phenoxy) is 1. The number of nitrogens with zero attached hydrogens (tertiary/aromatic N) is 1. The monoisotopic (exact) mass is 270 g/mol. The average Bonchev–Trinajstić information content (AvgIpc) is 2.98. The molecule has 0 amide bonds. The number of hydrogen-bond acceptors (Lipinski definition) is 4. The minimum atomic E-state index is 0.168. The number of thioether (sulfide) groups is 1. The summed E-state index contributed by atoms with van der Waals surface area (Å²) < 4.78 is 5.17. The number of hydrazone groups is 1. The van der Waals surface area contributed by atoms with Gasteiger partial charge in [-0.15, -0.1) is 0 Å². The molecule has 0 aromatic heterocycles. The fourth-order valence-electron chi connectivity index (χ4n) is 1.92. The molecule has 0 saturated carbocycles. The van der Waals surface area contributed by atoms with Crippen LogP contribution in [-0.4, -0.2) is 12.2 Å². The van der Waals surface area contributed by atoms with Crippen molar-refractivity contribution in [2.45, 2.75) is 5.37 Å². The van der Waals surface area contributed by atoms with Crippen molar-refractivity contribution in [1.29, 1.82) is 0 Å². The normalized spacial score (nSPS) is 17.7. The van der Waals surface area contributed by atoms with Crippen molar-refractivity contribution < 1.29 is 4.74 Å². The molecule has 1 aliphatic heterocycles. The highest BCUT2D eigenvalue weighted by Gasteiger charge is 2.21. The number of methoxy groups -OCH3 is 1. The Bertz CT molecular complexity index is 581. The van der Waals surface area contributed by atoms with Crippen molar-refractivity contribution in [2.75, 3.05) is 7.11 Å². The van der Waals surface area contributed by atoms with Crippen LogP contribution < -0.4 is 10.2 Å². The summed E-state index contributed by atoms with van der Waals surface area (Å²) in [6.45, 7) is 0. The molecule has 3 rings (SSSR count). The van der Waals surface area contributed by atoms with Crippen LogP contribution in [0.2, 0.25) is 0 Å². The summed E-state index contributed by atoms with van der Waals surface area (Å²) in [5.74, 6) is 0.871. The molecular formula is C15H14N2OS. The van der Waals surface area contributed by atoms with Crippen LogP contribution in [0.1, 0.15) is 16.5 Å². The second-order valence-electron chi connectivity index (χ2n) is 4.18. The molecule has 1 heterocycles. The van der Waals surface area contributed by atoms with E-state index in [1.54, 1.807) is 18.9 Å². The van der Waals surface area contributed by atoms with Gasteiger partial charge in [0.2, 0.25) is 0 Å². The molecule has 1 atom stereocenters. The summed E-state index contributed by atoms with van der Waals surface area (Å²) in [6.07, 6.45) is 0. The first kappa shape index (κ1) is 12.1. The van der Waals surface area contributed by atoms with Gasteiger partial charge in [-0.25, -0.2) is 0 Å². The van der Waals surface area contributed by atoms with E-state index in [9.17, 15) is 0 Å². The van der Waals surface area contributed by atoms with Crippen LogP contribution in [0.5, 0.6) is 5.75 Å². The van der Waals surface area contributed by atoms with E-state index in [-0.39, 0.29) is 5.37 Å². The maximum Gasteiger partial charge on any atom is 0.126 e. The Morgan fingerprint density at radius 1 is 1.05 bits per heavy atom. The van der Waals surface area contributed by atoms with E-state index < -0.39 is 0 Å². The molecule has 96 valence electrons. The second-order valence-corrected chi connectivity index (χ2v) is 5.28. The fraction of sp³-hybridized carbons (Fsp3) is 0.133. The smallest absolute Gasteiger partial charge is 0.126 e. The van der Waals surface area contributed by atoms with E-state index in [0.29, 0.717) is 0 Å². The standard InChI is InChI=1S/C15H14N2OS/c1-18-13-9-7-12(8-10-13)15-17-16-14(19-15)11-5-3-2-4-6-11/h2-10,15,17H,1H3. The predicted octanol–water partition coefficient (Wildman–Crippen LogP) is 3.39. The van der Waals surface area contributed by atoms with E-state index >= 15 is 0 Å². The number of rotatable bonds is 3. The molecule has 0 radical (unpaired) electrons. The van der Waals surface area contributed by atoms with E-state index in [1.165, 1.54) is 5.56 Å². The zero-order chi connectivity index (χ0) is 13.1. The Labute approximate surface area is 116 Å². The van der Waals surface area contributed by atoms with Gasteiger partial charge in [0.25, 0.3) is 0 Å². The Balaban J connectivity index is 1.73. The van der Waals surface area contributed by atoms with Gasteiger partial charge in [0.1, 0.15) is 16.2 Å². The Kier molecular flexibility index (Phi) is 3.42. The molecule has 4 heteroatoms. The lowest BCUT2D eigenvalue weighted by Crippen LogP contribution is -2.06. The summed E-state index contributed by atoms with van der Waals surface area (Å²) in [5.41, 5.74) is 5.51. The summed E-state index contributed by atoms with van der Waals surface area (Å²) >= 11 is 1.73. The van der Waals surface area contributed by atoms with Crippen LogP contribution in [0.25, 0.3) is 0 Å². The first-order valence-electron chi connectivity index (χ1n) is 6.06. The summed E-state index contributed by atoms with van der Waals surface area (Å²) in [5, 5.41) is 5.60. The summed E-state index contributed by atoms with van der Waals surface area (Å²) in [6, 6.07) is 18.3. The van der Waals surface area contributed by atoms with Crippen molar-refractivity contribution in [2.24, 2.45) is 5.10 Å². The molecule has 2 aromatic rings. The molecule has 1 unspecified atom stereocenters. The van der Waals surface area contributed by atoms with Gasteiger partial charge in [-0.3, -0.25) is 5.43 Å². The van der Waals surface area contributed by atoms with E-state index in [1.807, 2.05) is 30.3 Å². The SMILES string of the molecule is COc1ccc(C2NN=C(c3ccccc3)S2)cc1. The first-order chi connectivity index (χ1) is 9.36. The van der Waals surface area contributed by atoms with Gasteiger partial charge in [-0.05, 0) is 17.7 Å². The lowest BCUT2D eigenvalue weighted by molar-refractivity contribution is 0.414. The van der Waals surface area contributed by atoms with Gasteiger partial charge in [0, 0.05) is 5.56 Å². The maximum absolute atomic E-state index is 5.17. The van der Waals surface area contributed by atoms with Gasteiger partial charge >= 0.3 is 0 Å². The predicted molar refractivity (Wildman–Crippen MR) is 79.4 cm³/mol. The molecule has 19 heavy (non-hydrogen) atoms. The van der Waals surface area contributed by atoms with Crippen LogP contribution in [0, 0.1) is 0 Å². The summed E-state index contributed by atoms with van der Waals surface area (Å²) in [7, 11) is 1.67. The highest BCUT2D eigenvalue weighted by Crippen LogP contribution is 2.34. The molecule has 1 N–H and O–H groups in total. The van der Waals surface area contributed by atoms with E-state index in [4.69, 9.17) is 4.74 Å². The molecule has 0 bridgehead atoms. The number of hydrogen-bond donors (Lipinski definition) is 1. The van der Waals surface area contributed by atoms with E-state index in [0.717, 1.165) is 16.4 Å². The van der Waals surface area contributed by atoms with Crippen molar-refractivity contribution in [3.63, 3.8) is 0 Å². The molecule has 0 fully saturated rings. The molecule has 0 saturated heterocycles. The van der Waals surface area contributed by atoms with Crippen LogP contribution in [-0.2, 0) is 0 Å². The maximum atomic E-state index is 5.17. The van der Waals surface area contributed by atoms with Crippen molar-refractivity contribution in [3.8, 4) is 5.75 Å². The Morgan fingerprint density at radius 2 is 1.79 bits per heavy atom. The molecule has 2 aromatic carbocycles. The van der Waals surface area contributed by atoms with Crippen molar-refractivity contribution >= 4 is 16.8 Å². The zero-order valence-electron chi connectivity index (χ0n) is 10.5. The van der Waals surface area contributed by atoms with E-state index in [2.05, 4.69) is 34.8 Å². The third-order valence-electron chi connectivity index (χ3n) is 2.95. The minimum Gasteiger partial charge on any atom is -0.497 e. The minimum absolute atomic E-state index is 0.168. The van der Waals surface area contributed by atoms with Crippen LogP contribution in [0.4, 0.5) is 0 Å². The third-order valence-corrected chi connectivity index (χ3v) is 4.12. The first-order valence-corrected chi connectivity index (χ1v) is 6.94. The molecule has 0 aliphatic carbocycles. The van der Waals surface area contributed by atoms with Gasteiger partial charge in [0.15, 0.2) is 0 Å². The number of benzene rings is 2. The summed E-state index contributed by atoms with van der Waals surface area (Å²) in [4.78, 5) is 0. The second kappa shape index (κ2) is 5.36. The molecule has 3 nitrogen and oxygen atoms in total. The van der Waals surface area contributed by atoms with Gasteiger partial charge in [-0.1, -0.05) is 54.2 Å². The van der Waals surface area contributed by atoms with Crippen molar-refractivity contribution in [3.05, 3.63) is 65.7 Å². The molecular weight excluding hydrogens is 256 g/mol. The quantitative estimate of drug-likeness (QED) is 0.928. The third kappa shape index (κ3) is 2.58. The Hall–Kier alpha value is -1.94. The largest absolute Gasteiger partial charge is 0.497 e. The van der Waals surface area contributed by atoms with Gasteiger partial charge in [0.05, 0.1) is 7.11 Å².